The Labute approximate surface area is 130 Å². The average Bonchev–Trinajstić information content (AvgIpc) is 2.97. The fraction of sp³-hybridized carbons (Fsp3) is 0.778. The number of rotatable bonds is 13. The van der Waals surface area contributed by atoms with Crippen molar-refractivity contribution >= 4 is 11.3 Å². The molecule has 0 spiro atoms. The molecule has 1 aromatic rings. The van der Waals surface area contributed by atoms with Crippen molar-refractivity contribution in [1.82, 2.24) is 5.32 Å². The van der Waals surface area contributed by atoms with Crippen molar-refractivity contribution in [1.29, 1.82) is 0 Å². The van der Waals surface area contributed by atoms with Crippen molar-refractivity contribution in [2.24, 2.45) is 0 Å². The molecule has 1 heterocycles. The van der Waals surface area contributed by atoms with E-state index in [1.807, 2.05) is 11.3 Å². The molecule has 1 rings (SSSR count). The summed E-state index contributed by atoms with van der Waals surface area (Å²) in [6.07, 6.45) is 13.5. The van der Waals surface area contributed by atoms with Crippen LogP contribution in [0, 0.1) is 0 Å². The number of thiophene rings is 1. The zero-order valence-corrected chi connectivity index (χ0v) is 14.3. The summed E-state index contributed by atoms with van der Waals surface area (Å²) < 4.78 is 0. The van der Waals surface area contributed by atoms with Gasteiger partial charge in [-0.05, 0) is 50.1 Å². The molecule has 1 atom stereocenters. The van der Waals surface area contributed by atoms with Gasteiger partial charge in [-0.25, -0.2) is 0 Å². The lowest BCUT2D eigenvalue weighted by Crippen LogP contribution is -2.29. The average molecular weight is 296 g/mol. The molecule has 0 radical (unpaired) electrons. The molecule has 0 aliphatic rings. The number of hydrogen-bond donors (Lipinski definition) is 1. The van der Waals surface area contributed by atoms with E-state index in [2.05, 4.69) is 36.7 Å². The third kappa shape index (κ3) is 8.76. The Hall–Kier alpha value is -0.340. The normalized spacial score (nSPS) is 12.7. The van der Waals surface area contributed by atoms with Crippen molar-refractivity contribution in [3.8, 4) is 0 Å². The van der Waals surface area contributed by atoms with Crippen LogP contribution in [0.1, 0.15) is 76.5 Å². The molecule has 0 aliphatic heterocycles. The van der Waals surface area contributed by atoms with E-state index in [9.17, 15) is 0 Å². The summed E-state index contributed by atoms with van der Waals surface area (Å²) in [6.45, 7) is 5.73. The topological polar surface area (TPSA) is 12.0 Å². The van der Waals surface area contributed by atoms with E-state index >= 15 is 0 Å². The quantitative estimate of drug-likeness (QED) is 0.453. The summed E-state index contributed by atoms with van der Waals surface area (Å²) in [5.41, 5.74) is 0. The molecule has 0 fully saturated rings. The van der Waals surface area contributed by atoms with Gasteiger partial charge < -0.3 is 5.32 Å². The molecular weight excluding hydrogens is 262 g/mol. The molecule has 0 saturated heterocycles. The van der Waals surface area contributed by atoms with E-state index in [-0.39, 0.29) is 0 Å². The lowest BCUT2D eigenvalue weighted by Gasteiger charge is -2.18. The second kappa shape index (κ2) is 12.4. The molecule has 0 saturated carbocycles. The highest BCUT2D eigenvalue weighted by molar-refractivity contribution is 7.09. The molecule has 116 valence electrons. The smallest absolute Gasteiger partial charge is 0.00671 e. The van der Waals surface area contributed by atoms with Crippen LogP contribution in [0.15, 0.2) is 17.5 Å². The highest BCUT2D eigenvalue weighted by Gasteiger charge is 2.07. The van der Waals surface area contributed by atoms with E-state index in [4.69, 9.17) is 0 Å². The number of aryl methyl sites for hydroxylation is 1. The first-order valence-corrected chi connectivity index (χ1v) is 9.50. The van der Waals surface area contributed by atoms with Crippen LogP contribution in [-0.4, -0.2) is 12.6 Å². The van der Waals surface area contributed by atoms with E-state index in [0.29, 0.717) is 0 Å². The minimum absolute atomic E-state index is 0.747. The van der Waals surface area contributed by atoms with Crippen LogP contribution < -0.4 is 5.32 Å². The molecule has 2 heteroatoms. The standard InChI is InChI=1S/C18H33NS/c1-3-5-6-7-8-11-17(19-15-4-2)12-9-13-18-14-10-16-20-18/h10,14,16-17,19H,3-9,11-13,15H2,1-2H3. The van der Waals surface area contributed by atoms with Crippen molar-refractivity contribution in [3.05, 3.63) is 22.4 Å². The van der Waals surface area contributed by atoms with Gasteiger partial charge in [-0.15, -0.1) is 11.3 Å². The van der Waals surface area contributed by atoms with Crippen LogP contribution in [0.25, 0.3) is 0 Å². The number of nitrogens with one attached hydrogen (secondary N) is 1. The predicted molar refractivity (Wildman–Crippen MR) is 92.7 cm³/mol. The summed E-state index contributed by atoms with van der Waals surface area (Å²) >= 11 is 1.90. The minimum atomic E-state index is 0.747. The highest BCUT2D eigenvalue weighted by atomic mass is 32.1. The Morgan fingerprint density at radius 1 is 1.00 bits per heavy atom. The summed E-state index contributed by atoms with van der Waals surface area (Å²) in [7, 11) is 0. The lowest BCUT2D eigenvalue weighted by atomic mass is 10.0. The molecule has 1 N–H and O–H groups in total. The zero-order chi connectivity index (χ0) is 14.5. The molecule has 0 bridgehead atoms. The molecule has 0 aromatic carbocycles. The van der Waals surface area contributed by atoms with Crippen molar-refractivity contribution in [2.45, 2.75) is 84.1 Å². The Morgan fingerprint density at radius 3 is 2.50 bits per heavy atom. The van der Waals surface area contributed by atoms with E-state index in [1.54, 1.807) is 4.88 Å². The summed E-state index contributed by atoms with van der Waals surface area (Å²) in [5.74, 6) is 0. The molecule has 1 nitrogen and oxygen atoms in total. The molecule has 1 aromatic heterocycles. The Kier molecular flexibility index (Phi) is 11.0. The molecule has 0 amide bonds. The first kappa shape index (κ1) is 17.7. The van der Waals surface area contributed by atoms with Crippen molar-refractivity contribution in [2.75, 3.05) is 6.54 Å². The molecule has 1 unspecified atom stereocenters. The summed E-state index contributed by atoms with van der Waals surface area (Å²) in [4.78, 5) is 1.54. The van der Waals surface area contributed by atoms with Gasteiger partial charge in [0.15, 0.2) is 0 Å². The predicted octanol–water partition coefficient (Wildman–Crippen LogP) is 5.80. The monoisotopic (exact) mass is 295 g/mol. The maximum atomic E-state index is 3.74. The van der Waals surface area contributed by atoms with Gasteiger partial charge in [-0.3, -0.25) is 0 Å². The zero-order valence-electron chi connectivity index (χ0n) is 13.5. The SMILES string of the molecule is CCCCCCCC(CCCc1cccs1)NCCC. The Balaban J connectivity index is 2.13. The largest absolute Gasteiger partial charge is 0.314 e. The highest BCUT2D eigenvalue weighted by Crippen LogP contribution is 2.15. The van der Waals surface area contributed by atoms with Crippen molar-refractivity contribution < 1.29 is 0 Å². The first-order valence-electron chi connectivity index (χ1n) is 8.62. The maximum Gasteiger partial charge on any atom is 0.00671 e. The van der Waals surface area contributed by atoms with Crippen LogP contribution in [0.5, 0.6) is 0 Å². The molecule has 20 heavy (non-hydrogen) atoms. The molecule has 0 aliphatic carbocycles. The van der Waals surface area contributed by atoms with E-state index in [0.717, 1.165) is 6.04 Å². The fourth-order valence-electron chi connectivity index (χ4n) is 2.67. The number of hydrogen-bond acceptors (Lipinski definition) is 2. The van der Waals surface area contributed by atoms with Gasteiger partial charge in [0.05, 0.1) is 0 Å². The first-order chi connectivity index (χ1) is 9.86. The van der Waals surface area contributed by atoms with Crippen LogP contribution in [0.2, 0.25) is 0 Å². The Morgan fingerprint density at radius 2 is 1.80 bits per heavy atom. The lowest BCUT2D eigenvalue weighted by molar-refractivity contribution is 0.422. The summed E-state index contributed by atoms with van der Waals surface area (Å²) in [5, 5.41) is 5.93. The second-order valence-electron chi connectivity index (χ2n) is 5.83. The van der Waals surface area contributed by atoms with E-state index < -0.39 is 0 Å². The van der Waals surface area contributed by atoms with Gasteiger partial charge in [-0.1, -0.05) is 52.0 Å². The van der Waals surface area contributed by atoms with Crippen molar-refractivity contribution in [3.63, 3.8) is 0 Å². The van der Waals surface area contributed by atoms with Crippen LogP contribution in [-0.2, 0) is 6.42 Å². The van der Waals surface area contributed by atoms with Gasteiger partial charge in [0.25, 0.3) is 0 Å². The van der Waals surface area contributed by atoms with Gasteiger partial charge in [0, 0.05) is 10.9 Å². The van der Waals surface area contributed by atoms with Crippen LogP contribution >= 0.6 is 11.3 Å². The van der Waals surface area contributed by atoms with Gasteiger partial charge in [0.1, 0.15) is 0 Å². The van der Waals surface area contributed by atoms with Gasteiger partial charge >= 0.3 is 0 Å². The van der Waals surface area contributed by atoms with Crippen LogP contribution in [0.3, 0.4) is 0 Å². The fourth-order valence-corrected chi connectivity index (χ4v) is 3.42. The Bertz CT molecular complexity index is 294. The minimum Gasteiger partial charge on any atom is -0.314 e. The van der Waals surface area contributed by atoms with Gasteiger partial charge in [0.2, 0.25) is 0 Å². The van der Waals surface area contributed by atoms with Crippen LogP contribution in [0.4, 0.5) is 0 Å². The third-order valence-electron chi connectivity index (χ3n) is 3.90. The number of unbranched alkanes of at least 4 members (excludes halogenated alkanes) is 4. The maximum absolute atomic E-state index is 3.74. The summed E-state index contributed by atoms with van der Waals surface area (Å²) in [6, 6.07) is 5.18. The third-order valence-corrected chi connectivity index (χ3v) is 4.83. The molecular formula is C18H33NS. The van der Waals surface area contributed by atoms with E-state index in [1.165, 1.54) is 70.8 Å². The second-order valence-corrected chi connectivity index (χ2v) is 6.86. The van der Waals surface area contributed by atoms with Gasteiger partial charge in [-0.2, -0.15) is 0 Å².